The summed E-state index contributed by atoms with van der Waals surface area (Å²) in [6.07, 6.45) is -2.62. The third-order valence-electron chi connectivity index (χ3n) is 1.96. The molecular weight excluding hydrogens is 150 g/mol. The molecule has 0 amide bonds. The molecular formula is C6H10BFO3. The molecule has 0 aromatic carbocycles. The van der Waals surface area contributed by atoms with Crippen molar-refractivity contribution in [3.05, 3.63) is 0 Å². The van der Waals surface area contributed by atoms with E-state index in [1.165, 1.54) is 6.92 Å². The molecule has 62 valence electrons. The molecule has 0 aromatic heterocycles. The zero-order valence-electron chi connectivity index (χ0n) is 6.20. The number of alkyl halides is 1. The summed E-state index contributed by atoms with van der Waals surface area (Å²) in [5, 5.41) is 17.9. The SMILES string of the molecule is [B][C@@H]1O[C@H](CO)[C@H](F)C1(C)O. The molecule has 5 heteroatoms. The fourth-order valence-corrected chi connectivity index (χ4v) is 1.06. The normalized spacial score (nSPS) is 51.5. The Bertz CT molecular complexity index is 153. The van der Waals surface area contributed by atoms with Gasteiger partial charge in [0.25, 0.3) is 0 Å². The van der Waals surface area contributed by atoms with Gasteiger partial charge in [0.15, 0.2) is 6.17 Å². The summed E-state index contributed by atoms with van der Waals surface area (Å²) in [5.74, 6) is 0. The highest BCUT2D eigenvalue weighted by molar-refractivity contribution is 6.12. The molecule has 3 nitrogen and oxygen atoms in total. The summed E-state index contributed by atoms with van der Waals surface area (Å²) in [6.45, 7) is 0.781. The molecule has 2 radical (unpaired) electrons. The van der Waals surface area contributed by atoms with Crippen LogP contribution >= 0.6 is 0 Å². The van der Waals surface area contributed by atoms with Gasteiger partial charge in [-0.1, -0.05) is 0 Å². The number of ether oxygens (including phenoxy) is 1. The van der Waals surface area contributed by atoms with E-state index < -0.39 is 30.5 Å². The van der Waals surface area contributed by atoms with Crippen molar-refractivity contribution in [1.29, 1.82) is 0 Å². The molecule has 0 bridgehead atoms. The van der Waals surface area contributed by atoms with Crippen molar-refractivity contribution in [1.82, 2.24) is 0 Å². The minimum absolute atomic E-state index is 0.467. The van der Waals surface area contributed by atoms with E-state index in [9.17, 15) is 9.50 Å². The lowest BCUT2D eigenvalue weighted by Crippen LogP contribution is -2.43. The smallest absolute Gasteiger partial charge is 0.158 e. The Hall–Kier alpha value is -0.125. The fraction of sp³-hybridized carbons (Fsp3) is 1.00. The second-order valence-electron chi connectivity index (χ2n) is 2.91. The Kier molecular flexibility index (Phi) is 2.23. The Labute approximate surface area is 65.6 Å². The summed E-state index contributed by atoms with van der Waals surface area (Å²) < 4.78 is 17.7. The van der Waals surface area contributed by atoms with E-state index >= 15 is 0 Å². The second kappa shape index (κ2) is 2.73. The van der Waals surface area contributed by atoms with Crippen LogP contribution in [0.2, 0.25) is 0 Å². The summed E-state index contributed by atoms with van der Waals surface area (Å²) >= 11 is 0. The van der Waals surface area contributed by atoms with Crippen molar-refractivity contribution >= 4 is 7.85 Å². The first-order chi connectivity index (χ1) is 5.00. The first-order valence-corrected chi connectivity index (χ1v) is 3.38. The molecule has 1 saturated heterocycles. The largest absolute Gasteiger partial charge is 0.394 e. The Morgan fingerprint density at radius 2 is 2.27 bits per heavy atom. The maximum atomic E-state index is 13.0. The lowest BCUT2D eigenvalue weighted by atomic mass is 9.82. The van der Waals surface area contributed by atoms with Crippen LogP contribution in [0, 0.1) is 0 Å². The van der Waals surface area contributed by atoms with E-state index in [2.05, 4.69) is 0 Å². The fourth-order valence-electron chi connectivity index (χ4n) is 1.06. The molecule has 1 fully saturated rings. The zero-order chi connectivity index (χ0) is 8.65. The average molecular weight is 160 g/mol. The van der Waals surface area contributed by atoms with Crippen molar-refractivity contribution in [3.8, 4) is 0 Å². The predicted molar refractivity (Wildman–Crippen MR) is 37.0 cm³/mol. The summed E-state index contributed by atoms with van der Waals surface area (Å²) in [7, 11) is 5.25. The Morgan fingerprint density at radius 3 is 2.45 bits per heavy atom. The average Bonchev–Trinajstić information content (AvgIpc) is 2.14. The van der Waals surface area contributed by atoms with Crippen LogP contribution in [0.25, 0.3) is 0 Å². The Morgan fingerprint density at radius 1 is 1.73 bits per heavy atom. The Balaban J connectivity index is 2.71. The molecule has 0 aromatic rings. The van der Waals surface area contributed by atoms with Crippen LogP contribution in [0.3, 0.4) is 0 Å². The number of aliphatic hydroxyl groups excluding tert-OH is 1. The van der Waals surface area contributed by atoms with Crippen LogP contribution < -0.4 is 0 Å². The van der Waals surface area contributed by atoms with Crippen LogP contribution in [0.4, 0.5) is 4.39 Å². The molecule has 0 aliphatic carbocycles. The lowest BCUT2D eigenvalue weighted by Gasteiger charge is -2.22. The standard InChI is InChI=1S/C6H10BFO3/c1-6(10)4(8)3(2-9)11-5(6)7/h3-5,9-10H,2H2,1H3/t3-,4+,5-,6?/m1/s1. The van der Waals surface area contributed by atoms with Crippen molar-refractivity contribution in [2.45, 2.75) is 30.8 Å². The first-order valence-electron chi connectivity index (χ1n) is 3.38. The number of aliphatic hydroxyl groups is 2. The van der Waals surface area contributed by atoms with Gasteiger partial charge in [0.1, 0.15) is 19.6 Å². The van der Waals surface area contributed by atoms with Gasteiger partial charge >= 0.3 is 0 Å². The van der Waals surface area contributed by atoms with Crippen molar-refractivity contribution < 1.29 is 19.3 Å². The number of rotatable bonds is 1. The van der Waals surface area contributed by atoms with Gasteiger partial charge in [-0.25, -0.2) is 4.39 Å². The van der Waals surface area contributed by atoms with Crippen molar-refractivity contribution in [2.24, 2.45) is 0 Å². The highest BCUT2D eigenvalue weighted by Gasteiger charge is 2.50. The van der Waals surface area contributed by atoms with E-state index in [1.807, 2.05) is 0 Å². The molecule has 4 atom stereocenters. The predicted octanol–water partition coefficient (Wildman–Crippen LogP) is -1.04. The van der Waals surface area contributed by atoms with Crippen molar-refractivity contribution in [3.63, 3.8) is 0 Å². The highest BCUT2D eigenvalue weighted by atomic mass is 19.1. The molecule has 2 N–H and O–H groups in total. The summed E-state index contributed by atoms with van der Waals surface area (Å²) in [4.78, 5) is 0. The van der Waals surface area contributed by atoms with Gasteiger partial charge in [-0.3, -0.25) is 0 Å². The van der Waals surface area contributed by atoms with E-state index in [4.69, 9.17) is 17.7 Å². The molecule has 0 saturated carbocycles. The third kappa shape index (κ3) is 1.28. The minimum Gasteiger partial charge on any atom is -0.394 e. The van der Waals surface area contributed by atoms with Crippen LogP contribution in [0.1, 0.15) is 6.92 Å². The molecule has 11 heavy (non-hydrogen) atoms. The van der Waals surface area contributed by atoms with Gasteiger partial charge in [0.2, 0.25) is 0 Å². The number of hydrogen-bond donors (Lipinski definition) is 2. The van der Waals surface area contributed by atoms with Gasteiger partial charge in [0.05, 0.1) is 6.61 Å². The molecule has 1 unspecified atom stereocenters. The maximum absolute atomic E-state index is 13.0. The molecule has 1 aliphatic heterocycles. The quantitative estimate of drug-likeness (QED) is 0.481. The summed E-state index contributed by atoms with van der Waals surface area (Å²) in [6, 6.07) is -1.06. The van der Waals surface area contributed by atoms with Crippen LogP contribution in [0.5, 0.6) is 0 Å². The van der Waals surface area contributed by atoms with Gasteiger partial charge in [0, 0.05) is 6.00 Å². The van der Waals surface area contributed by atoms with Crippen LogP contribution in [-0.4, -0.2) is 48.5 Å². The van der Waals surface area contributed by atoms with E-state index in [-0.39, 0.29) is 0 Å². The second-order valence-corrected chi connectivity index (χ2v) is 2.91. The minimum atomic E-state index is -1.69. The maximum Gasteiger partial charge on any atom is 0.158 e. The van der Waals surface area contributed by atoms with Crippen molar-refractivity contribution in [2.75, 3.05) is 6.61 Å². The van der Waals surface area contributed by atoms with E-state index in [0.717, 1.165) is 0 Å². The molecule has 1 heterocycles. The van der Waals surface area contributed by atoms with Gasteiger partial charge in [-0.15, -0.1) is 0 Å². The molecule has 0 spiro atoms. The van der Waals surface area contributed by atoms with Gasteiger partial charge in [-0.2, -0.15) is 0 Å². The molecule has 1 rings (SSSR count). The van der Waals surface area contributed by atoms with Crippen LogP contribution in [0.15, 0.2) is 0 Å². The number of halogens is 1. The zero-order valence-corrected chi connectivity index (χ0v) is 6.20. The topological polar surface area (TPSA) is 49.7 Å². The summed E-state index contributed by atoms with van der Waals surface area (Å²) in [5.41, 5.74) is -1.69. The van der Waals surface area contributed by atoms with Gasteiger partial charge < -0.3 is 14.9 Å². The molecule has 1 aliphatic rings. The number of hydrogen-bond acceptors (Lipinski definition) is 3. The highest BCUT2D eigenvalue weighted by Crippen LogP contribution is 2.31. The third-order valence-corrected chi connectivity index (χ3v) is 1.96. The first kappa shape index (κ1) is 8.97. The monoisotopic (exact) mass is 160 g/mol. The van der Waals surface area contributed by atoms with Gasteiger partial charge in [-0.05, 0) is 6.92 Å². The van der Waals surface area contributed by atoms with Crippen LogP contribution in [-0.2, 0) is 4.74 Å². The van der Waals surface area contributed by atoms with E-state index in [0.29, 0.717) is 0 Å². The van der Waals surface area contributed by atoms with E-state index in [1.54, 1.807) is 0 Å². The lowest BCUT2D eigenvalue weighted by molar-refractivity contribution is -0.00992.